The maximum atomic E-state index is 12.9. The molecule has 0 bridgehead atoms. The van der Waals surface area contributed by atoms with Gasteiger partial charge in [0.15, 0.2) is 6.10 Å². The van der Waals surface area contributed by atoms with Gasteiger partial charge < -0.3 is 14.2 Å². The Bertz CT molecular complexity index is 1630. The fraction of sp³-hybridized carbons (Fsp3) is 0.643. The number of rotatable bonds is 55. The number of hydrogen-bond acceptors (Lipinski definition) is 6. The summed E-state index contributed by atoms with van der Waals surface area (Å²) in [4.78, 5) is 38.3. The molecule has 0 aliphatic heterocycles. The summed E-state index contributed by atoms with van der Waals surface area (Å²) in [7, 11) is 0. The lowest BCUT2D eigenvalue weighted by Crippen LogP contribution is -2.30. The molecule has 0 aliphatic rings. The Hall–Kier alpha value is -4.45. The van der Waals surface area contributed by atoms with Crippen LogP contribution in [-0.2, 0) is 28.6 Å². The van der Waals surface area contributed by atoms with Crippen molar-refractivity contribution in [3.63, 3.8) is 0 Å². The molecule has 430 valence electrons. The molecule has 0 N–H and O–H groups in total. The molecular formula is C70H114O6. The van der Waals surface area contributed by atoms with Crippen molar-refractivity contribution in [3.05, 3.63) is 134 Å². The highest BCUT2D eigenvalue weighted by Gasteiger charge is 2.19. The van der Waals surface area contributed by atoms with Gasteiger partial charge in [-0.15, -0.1) is 0 Å². The van der Waals surface area contributed by atoms with Gasteiger partial charge in [0.25, 0.3) is 0 Å². The van der Waals surface area contributed by atoms with Crippen molar-refractivity contribution in [2.24, 2.45) is 0 Å². The Morgan fingerprint density at radius 2 is 0.513 bits per heavy atom. The van der Waals surface area contributed by atoms with Crippen molar-refractivity contribution in [1.29, 1.82) is 0 Å². The van der Waals surface area contributed by atoms with Crippen LogP contribution in [0.3, 0.4) is 0 Å². The van der Waals surface area contributed by atoms with Crippen LogP contribution in [0.15, 0.2) is 134 Å². The third kappa shape index (κ3) is 60.4. The Morgan fingerprint density at radius 1 is 0.276 bits per heavy atom. The molecule has 6 nitrogen and oxygen atoms in total. The average molecular weight is 1050 g/mol. The summed E-state index contributed by atoms with van der Waals surface area (Å²) in [6, 6.07) is 0. The second-order valence-electron chi connectivity index (χ2n) is 20.2. The first-order chi connectivity index (χ1) is 37.5. The van der Waals surface area contributed by atoms with Crippen LogP contribution in [0.1, 0.15) is 271 Å². The molecule has 1 unspecified atom stereocenters. The molecule has 0 saturated carbocycles. The molecule has 6 heteroatoms. The number of unbranched alkanes of at least 4 members (excludes halogenated alkanes) is 22. The lowest BCUT2D eigenvalue weighted by atomic mass is 10.1. The predicted octanol–water partition coefficient (Wildman–Crippen LogP) is 21.4. The van der Waals surface area contributed by atoms with Crippen molar-refractivity contribution in [1.82, 2.24) is 0 Å². The molecule has 0 aromatic rings. The summed E-state index contributed by atoms with van der Waals surface area (Å²) in [5.41, 5.74) is 0. The Labute approximate surface area is 468 Å². The SMILES string of the molecule is CC/C=C\C/C=C\C/C=C\C/C=C\C/C=C\CCCCCCCCCCCC(=O)OCC(COC(=O)CCCCCCC/C=C\CCCCC)OC(=O)CCCCCCC/C=C\C/C=C\C/C=C\C/C=C\C/C=C\CC. The molecule has 0 heterocycles. The van der Waals surface area contributed by atoms with Gasteiger partial charge in [-0.05, 0) is 135 Å². The monoisotopic (exact) mass is 1050 g/mol. The number of allylic oxidation sites excluding steroid dienone is 22. The van der Waals surface area contributed by atoms with Gasteiger partial charge in [0.05, 0.1) is 0 Å². The maximum absolute atomic E-state index is 12.9. The maximum Gasteiger partial charge on any atom is 0.306 e. The van der Waals surface area contributed by atoms with Crippen molar-refractivity contribution < 1.29 is 28.6 Å². The number of carbonyl (C=O) groups excluding carboxylic acids is 3. The van der Waals surface area contributed by atoms with Gasteiger partial charge in [-0.1, -0.05) is 251 Å². The first kappa shape index (κ1) is 71.5. The van der Waals surface area contributed by atoms with E-state index in [1.165, 1.54) is 70.6 Å². The van der Waals surface area contributed by atoms with Gasteiger partial charge in [-0.2, -0.15) is 0 Å². The van der Waals surface area contributed by atoms with Gasteiger partial charge in [0.1, 0.15) is 13.2 Å². The minimum Gasteiger partial charge on any atom is -0.462 e. The summed E-state index contributed by atoms with van der Waals surface area (Å²) >= 11 is 0. The molecule has 0 saturated heterocycles. The van der Waals surface area contributed by atoms with Gasteiger partial charge in [-0.3, -0.25) is 14.4 Å². The highest BCUT2D eigenvalue weighted by Crippen LogP contribution is 2.15. The van der Waals surface area contributed by atoms with E-state index in [4.69, 9.17) is 14.2 Å². The molecule has 0 rings (SSSR count). The zero-order chi connectivity index (χ0) is 55.0. The Balaban J connectivity index is 4.39. The highest BCUT2D eigenvalue weighted by atomic mass is 16.6. The van der Waals surface area contributed by atoms with E-state index in [0.717, 1.165) is 161 Å². The van der Waals surface area contributed by atoms with E-state index in [0.29, 0.717) is 19.3 Å². The van der Waals surface area contributed by atoms with E-state index in [9.17, 15) is 14.4 Å². The molecule has 1 atom stereocenters. The van der Waals surface area contributed by atoms with E-state index < -0.39 is 6.10 Å². The number of ether oxygens (including phenoxy) is 3. The molecular weight excluding hydrogens is 937 g/mol. The van der Waals surface area contributed by atoms with Crippen LogP contribution in [-0.4, -0.2) is 37.2 Å². The predicted molar refractivity (Wildman–Crippen MR) is 329 cm³/mol. The van der Waals surface area contributed by atoms with Crippen molar-refractivity contribution in [2.75, 3.05) is 13.2 Å². The van der Waals surface area contributed by atoms with E-state index >= 15 is 0 Å². The van der Waals surface area contributed by atoms with Crippen LogP contribution < -0.4 is 0 Å². The summed E-state index contributed by atoms with van der Waals surface area (Å²) in [6.45, 7) is 6.36. The quantitative estimate of drug-likeness (QED) is 0.0261. The summed E-state index contributed by atoms with van der Waals surface area (Å²) in [5, 5.41) is 0. The van der Waals surface area contributed by atoms with Crippen LogP contribution in [0.2, 0.25) is 0 Å². The van der Waals surface area contributed by atoms with E-state index in [2.05, 4.69) is 154 Å². The van der Waals surface area contributed by atoms with Crippen LogP contribution in [0, 0.1) is 0 Å². The molecule has 0 aliphatic carbocycles. The lowest BCUT2D eigenvalue weighted by Gasteiger charge is -2.18. The Kier molecular flexibility index (Phi) is 59.4. The fourth-order valence-corrected chi connectivity index (χ4v) is 8.25. The van der Waals surface area contributed by atoms with Gasteiger partial charge in [0.2, 0.25) is 0 Å². The number of carbonyl (C=O) groups is 3. The van der Waals surface area contributed by atoms with Gasteiger partial charge >= 0.3 is 17.9 Å². The van der Waals surface area contributed by atoms with Crippen molar-refractivity contribution >= 4 is 17.9 Å². The summed E-state index contributed by atoms with van der Waals surface area (Å²) in [5.74, 6) is -0.929. The Morgan fingerprint density at radius 3 is 0.816 bits per heavy atom. The second-order valence-corrected chi connectivity index (χ2v) is 20.2. The molecule has 0 amide bonds. The van der Waals surface area contributed by atoms with Gasteiger partial charge in [0, 0.05) is 19.3 Å². The largest absolute Gasteiger partial charge is 0.462 e. The van der Waals surface area contributed by atoms with E-state index in [1.54, 1.807) is 0 Å². The van der Waals surface area contributed by atoms with Crippen molar-refractivity contribution in [2.45, 2.75) is 277 Å². The third-order valence-corrected chi connectivity index (χ3v) is 12.9. The zero-order valence-corrected chi connectivity index (χ0v) is 49.2. The highest BCUT2D eigenvalue weighted by molar-refractivity contribution is 5.71. The minimum atomic E-state index is -0.800. The number of hydrogen-bond donors (Lipinski definition) is 0. The van der Waals surface area contributed by atoms with E-state index in [1.807, 2.05) is 0 Å². The first-order valence-corrected chi connectivity index (χ1v) is 31.2. The topological polar surface area (TPSA) is 78.9 Å². The van der Waals surface area contributed by atoms with Gasteiger partial charge in [-0.25, -0.2) is 0 Å². The van der Waals surface area contributed by atoms with E-state index in [-0.39, 0.29) is 31.1 Å². The summed E-state index contributed by atoms with van der Waals surface area (Å²) in [6.07, 6.45) is 88.8. The molecule has 0 fully saturated rings. The smallest absolute Gasteiger partial charge is 0.306 e. The molecule has 76 heavy (non-hydrogen) atoms. The zero-order valence-electron chi connectivity index (χ0n) is 49.2. The standard InChI is InChI=1S/C70H114O6/c1-4-7-10-13-16-19-22-25-27-29-31-33-34-35-36-38-39-41-43-45-48-51-54-57-60-63-69(72)75-66-67(65-74-68(71)62-59-56-53-50-47-24-21-18-15-12-9-6-3)76-70(73)64-61-58-55-52-49-46-44-42-40-37-32-30-28-26-23-20-17-14-11-8-5-2/h7-8,10-11,16-21,25-28,31-33,35-37,42,44,67H,4-6,9,12-15,22-24,29-30,34,38-41,43,45-66H2,1-3H3/b10-7-,11-8-,19-16-,20-17-,21-18-,27-25-,28-26-,33-31-,36-35-,37-32-,44-42-. The van der Waals surface area contributed by atoms with Crippen molar-refractivity contribution in [3.8, 4) is 0 Å². The first-order valence-electron chi connectivity index (χ1n) is 31.2. The molecule has 0 radical (unpaired) electrons. The van der Waals surface area contributed by atoms with Crippen LogP contribution in [0.25, 0.3) is 0 Å². The van der Waals surface area contributed by atoms with Crippen LogP contribution >= 0.6 is 0 Å². The molecule has 0 spiro atoms. The fourth-order valence-electron chi connectivity index (χ4n) is 8.25. The molecule has 0 aromatic heterocycles. The normalized spacial score (nSPS) is 13.0. The lowest BCUT2D eigenvalue weighted by molar-refractivity contribution is -0.167. The van der Waals surface area contributed by atoms with Crippen LogP contribution in [0.5, 0.6) is 0 Å². The minimum absolute atomic E-state index is 0.0955. The number of esters is 3. The third-order valence-electron chi connectivity index (χ3n) is 12.9. The average Bonchev–Trinajstić information content (AvgIpc) is 3.42. The summed E-state index contributed by atoms with van der Waals surface area (Å²) < 4.78 is 16.9. The molecule has 0 aromatic carbocycles. The second kappa shape index (κ2) is 63.1. The van der Waals surface area contributed by atoms with Crippen LogP contribution in [0.4, 0.5) is 0 Å².